The zero-order valence-electron chi connectivity index (χ0n) is 36.1. The maximum Gasteiger partial charge on any atom is 0.348 e. The van der Waals surface area contributed by atoms with Crippen molar-refractivity contribution in [3.8, 4) is 25.6 Å². The number of carbonyl (C=O) groups is 1. The van der Waals surface area contributed by atoms with E-state index in [4.69, 9.17) is 4.74 Å². The largest absolute Gasteiger partial charge is 0.462 e. The van der Waals surface area contributed by atoms with Gasteiger partial charge in [-0.15, -0.1) is 45.8 Å². The Hall–Kier alpha value is -1.85. The lowest BCUT2D eigenvalue weighted by Gasteiger charge is -2.05. The van der Waals surface area contributed by atoms with Gasteiger partial charge in [0, 0.05) is 24.4 Å². The van der Waals surface area contributed by atoms with Crippen LogP contribution in [0, 0.1) is 11.3 Å². The highest BCUT2D eigenvalue weighted by molar-refractivity contribution is 8.01. The number of thioether (sulfide) groups is 1. The van der Waals surface area contributed by atoms with Crippen LogP contribution in [-0.4, -0.2) is 18.3 Å². The zero-order valence-corrected chi connectivity index (χ0v) is 39.3. The number of nitrogens with zero attached hydrogens (tertiary/aromatic N) is 1. The standard InChI is InChI=1S/C50H77NO2S4/c1-3-5-7-9-11-13-15-17-19-20-22-24-26-28-30-32-40-54-49-38-37-48(57-49)47-36-35-46(56-47)45-34-33-44(55-45)41-43(42-51)50(52)53-39-31-29-27-25-23-21-18-16-14-12-10-8-6-4-2/h33-38,41H,3-32,39-40H2,1-2H3/b43-41+. The van der Waals surface area contributed by atoms with Gasteiger partial charge in [-0.05, 0) is 61.1 Å². The molecule has 3 rings (SSSR count). The van der Waals surface area contributed by atoms with E-state index in [0.717, 1.165) is 22.6 Å². The average Bonchev–Trinajstić information content (AvgIpc) is 4.01. The van der Waals surface area contributed by atoms with E-state index in [2.05, 4.69) is 50.2 Å². The molecule has 7 heteroatoms. The van der Waals surface area contributed by atoms with Gasteiger partial charge in [0.25, 0.3) is 0 Å². The molecule has 57 heavy (non-hydrogen) atoms. The fourth-order valence-corrected chi connectivity index (χ4v) is 11.7. The van der Waals surface area contributed by atoms with E-state index in [1.807, 2.05) is 40.5 Å². The predicted molar refractivity (Wildman–Crippen MR) is 256 cm³/mol. The average molecular weight is 852 g/mol. The molecule has 0 saturated heterocycles. The van der Waals surface area contributed by atoms with Crippen molar-refractivity contribution in [3.05, 3.63) is 46.8 Å². The summed E-state index contributed by atoms with van der Waals surface area (Å²) in [7, 11) is 0. The number of carbonyl (C=O) groups excluding carboxylic acids is 1. The molecule has 0 aliphatic carbocycles. The highest BCUT2D eigenvalue weighted by Gasteiger charge is 2.13. The smallest absolute Gasteiger partial charge is 0.348 e. The highest BCUT2D eigenvalue weighted by Crippen LogP contribution is 2.42. The summed E-state index contributed by atoms with van der Waals surface area (Å²) in [6, 6.07) is 15.1. The van der Waals surface area contributed by atoms with Gasteiger partial charge in [-0.2, -0.15) is 5.26 Å². The van der Waals surface area contributed by atoms with Crippen LogP contribution in [0.2, 0.25) is 0 Å². The minimum Gasteiger partial charge on any atom is -0.462 e. The third-order valence-corrected chi connectivity index (χ3v) is 15.8. The summed E-state index contributed by atoms with van der Waals surface area (Å²) in [4.78, 5) is 18.5. The van der Waals surface area contributed by atoms with Crippen molar-refractivity contribution in [2.75, 3.05) is 12.4 Å². The van der Waals surface area contributed by atoms with Gasteiger partial charge >= 0.3 is 5.97 Å². The second kappa shape index (κ2) is 33.9. The van der Waals surface area contributed by atoms with Gasteiger partial charge in [-0.25, -0.2) is 4.79 Å². The lowest BCUT2D eigenvalue weighted by Crippen LogP contribution is -2.07. The summed E-state index contributed by atoms with van der Waals surface area (Å²) in [6.07, 6.45) is 42.4. The van der Waals surface area contributed by atoms with Gasteiger partial charge in [-0.3, -0.25) is 0 Å². The van der Waals surface area contributed by atoms with Crippen molar-refractivity contribution >= 4 is 57.8 Å². The van der Waals surface area contributed by atoms with Gasteiger partial charge in [0.1, 0.15) is 11.6 Å². The second-order valence-electron chi connectivity index (χ2n) is 16.0. The summed E-state index contributed by atoms with van der Waals surface area (Å²) in [5.74, 6) is 0.693. The van der Waals surface area contributed by atoms with Crippen LogP contribution < -0.4 is 0 Å². The molecule has 0 aromatic carbocycles. The zero-order chi connectivity index (χ0) is 40.4. The van der Waals surface area contributed by atoms with Crippen LogP contribution in [0.25, 0.3) is 25.6 Å². The number of unbranched alkanes of at least 4 members (excludes halogenated alkanes) is 28. The molecule has 0 aliphatic heterocycles. The Morgan fingerprint density at radius 1 is 0.526 bits per heavy atom. The first kappa shape index (κ1) is 49.5. The lowest BCUT2D eigenvalue weighted by atomic mass is 10.0. The van der Waals surface area contributed by atoms with E-state index in [-0.39, 0.29) is 5.57 Å². The van der Waals surface area contributed by atoms with E-state index >= 15 is 0 Å². The number of ether oxygens (including phenoxy) is 1. The van der Waals surface area contributed by atoms with Crippen LogP contribution in [0.1, 0.15) is 211 Å². The molecule has 3 heterocycles. The van der Waals surface area contributed by atoms with Crippen LogP contribution in [0.5, 0.6) is 0 Å². The van der Waals surface area contributed by atoms with Gasteiger partial charge in [-0.1, -0.05) is 194 Å². The number of thiophene rings is 3. The fraction of sp³-hybridized carbons (Fsp3) is 0.680. The SMILES string of the molecule is CCCCCCCCCCCCCCCCCCSc1ccc(-c2ccc(-c3ccc(/C=C(\C#N)C(=O)OCCCCCCCCCCCCCCCC)s3)s2)s1. The summed E-state index contributed by atoms with van der Waals surface area (Å²) in [5.41, 5.74) is 0.0730. The van der Waals surface area contributed by atoms with E-state index < -0.39 is 5.97 Å². The number of hydrogen-bond donors (Lipinski definition) is 0. The molecule has 0 amide bonds. The molecule has 3 aromatic rings. The second-order valence-corrected chi connectivity index (χ2v) is 20.7. The Kier molecular flexibility index (Phi) is 29.5. The van der Waals surface area contributed by atoms with Gasteiger partial charge in [0.05, 0.1) is 10.8 Å². The van der Waals surface area contributed by atoms with E-state index in [1.54, 1.807) is 17.4 Å². The Labute approximate surface area is 365 Å². The van der Waals surface area contributed by atoms with Crippen LogP contribution in [0.15, 0.2) is 46.2 Å². The molecule has 3 aromatic heterocycles. The first-order valence-electron chi connectivity index (χ1n) is 23.4. The van der Waals surface area contributed by atoms with Gasteiger partial charge in [0.2, 0.25) is 0 Å². The molecule has 0 N–H and O–H groups in total. The maximum atomic E-state index is 12.7. The number of nitriles is 1. The molecule has 0 spiro atoms. The molecule has 318 valence electrons. The Morgan fingerprint density at radius 3 is 1.39 bits per heavy atom. The third kappa shape index (κ3) is 23.5. The minimum atomic E-state index is -0.512. The third-order valence-electron chi connectivity index (χ3n) is 10.9. The first-order valence-corrected chi connectivity index (χ1v) is 26.8. The van der Waals surface area contributed by atoms with Gasteiger partial charge < -0.3 is 4.74 Å². The molecule has 0 unspecified atom stereocenters. The maximum absolute atomic E-state index is 12.7. The van der Waals surface area contributed by atoms with Crippen LogP contribution in [0.3, 0.4) is 0 Å². The number of esters is 1. The number of hydrogen-bond acceptors (Lipinski definition) is 7. The topological polar surface area (TPSA) is 50.1 Å². The van der Waals surface area contributed by atoms with E-state index in [0.29, 0.717) is 6.61 Å². The van der Waals surface area contributed by atoms with E-state index in [9.17, 15) is 10.1 Å². The van der Waals surface area contributed by atoms with Crippen molar-refractivity contribution in [3.63, 3.8) is 0 Å². The molecule has 0 fully saturated rings. The predicted octanol–water partition coefficient (Wildman–Crippen LogP) is 18.5. The van der Waals surface area contributed by atoms with Crippen molar-refractivity contribution in [1.82, 2.24) is 0 Å². The summed E-state index contributed by atoms with van der Waals surface area (Å²) in [5, 5.41) is 9.70. The Bertz CT molecular complexity index is 1490. The molecule has 0 bridgehead atoms. The summed E-state index contributed by atoms with van der Waals surface area (Å²) >= 11 is 7.33. The van der Waals surface area contributed by atoms with Crippen molar-refractivity contribution in [2.24, 2.45) is 0 Å². The molecular formula is C50H77NO2S4. The molecule has 0 radical (unpaired) electrons. The molecule has 3 nitrogen and oxygen atoms in total. The molecule has 0 saturated carbocycles. The molecular weight excluding hydrogens is 775 g/mol. The Balaban J connectivity index is 1.23. The number of rotatable bonds is 37. The summed E-state index contributed by atoms with van der Waals surface area (Å²) < 4.78 is 6.88. The molecule has 0 aliphatic rings. The van der Waals surface area contributed by atoms with Crippen LogP contribution in [-0.2, 0) is 9.53 Å². The lowest BCUT2D eigenvalue weighted by molar-refractivity contribution is -0.138. The quantitative estimate of drug-likeness (QED) is 0.0191. The Morgan fingerprint density at radius 2 is 0.912 bits per heavy atom. The van der Waals surface area contributed by atoms with Gasteiger partial charge in [0.15, 0.2) is 0 Å². The van der Waals surface area contributed by atoms with Crippen LogP contribution in [0.4, 0.5) is 0 Å². The normalized spacial score (nSPS) is 11.7. The van der Waals surface area contributed by atoms with Crippen LogP contribution >= 0.6 is 45.8 Å². The van der Waals surface area contributed by atoms with Crippen molar-refractivity contribution in [1.29, 1.82) is 5.26 Å². The van der Waals surface area contributed by atoms with Crippen molar-refractivity contribution in [2.45, 2.75) is 211 Å². The minimum absolute atomic E-state index is 0.0730. The highest BCUT2D eigenvalue weighted by atomic mass is 32.2. The fourth-order valence-electron chi connectivity index (χ4n) is 7.34. The summed E-state index contributed by atoms with van der Waals surface area (Å²) in [6.45, 7) is 4.95. The van der Waals surface area contributed by atoms with E-state index in [1.165, 1.54) is 204 Å². The van der Waals surface area contributed by atoms with Crippen molar-refractivity contribution < 1.29 is 9.53 Å². The molecule has 0 atom stereocenters. The first-order chi connectivity index (χ1) is 28.1. The monoisotopic (exact) mass is 851 g/mol.